The first-order chi connectivity index (χ1) is 9.21. The minimum Gasteiger partial charge on any atom is -0.469 e. The van der Waals surface area contributed by atoms with Gasteiger partial charge in [-0.1, -0.05) is 42.1 Å². The van der Waals surface area contributed by atoms with Crippen molar-refractivity contribution in [2.24, 2.45) is 5.41 Å². The fraction of sp³-hybridized carbons (Fsp3) is 0.667. The average molecular weight is 328 g/mol. The van der Waals surface area contributed by atoms with Crippen molar-refractivity contribution in [2.75, 3.05) is 11.9 Å². The van der Waals surface area contributed by atoms with Crippen molar-refractivity contribution in [3.05, 3.63) is 23.7 Å². The van der Waals surface area contributed by atoms with E-state index in [1.165, 1.54) is 32.1 Å². The number of alkyl halides is 1. The first-order valence-corrected chi connectivity index (χ1v) is 8.23. The second-order valence-corrected chi connectivity index (χ2v) is 6.05. The highest BCUT2D eigenvalue weighted by Gasteiger charge is 2.31. The summed E-state index contributed by atoms with van der Waals surface area (Å²) in [4.78, 5) is 12.2. The van der Waals surface area contributed by atoms with Crippen LogP contribution in [0.5, 0.6) is 0 Å². The molecule has 0 saturated heterocycles. The Morgan fingerprint density at radius 2 is 2.16 bits per heavy atom. The van der Waals surface area contributed by atoms with Crippen molar-refractivity contribution in [3.63, 3.8) is 0 Å². The number of nitrogens with one attached hydrogen (secondary N) is 1. The summed E-state index contributed by atoms with van der Waals surface area (Å²) in [6, 6.07) is 1.76. The quantitative estimate of drug-likeness (QED) is 0.833. The Morgan fingerprint density at radius 3 is 2.79 bits per heavy atom. The second-order valence-electron chi connectivity index (χ2n) is 5.49. The summed E-state index contributed by atoms with van der Waals surface area (Å²) in [5.41, 5.74) is 0.923. The Hall–Kier alpha value is -0.770. The molecule has 3 nitrogen and oxygen atoms in total. The van der Waals surface area contributed by atoms with Gasteiger partial charge in [-0.05, 0) is 24.3 Å². The number of furan rings is 1. The summed E-state index contributed by atoms with van der Waals surface area (Å²) in [6.07, 6.45) is 8.61. The molecule has 0 radical (unpaired) electrons. The molecular weight excluding hydrogens is 306 g/mol. The van der Waals surface area contributed by atoms with Crippen LogP contribution >= 0.6 is 15.9 Å². The van der Waals surface area contributed by atoms with Crippen LogP contribution in [0.25, 0.3) is 0 Å². The lowest BCUT2D eigenvalue weighted by molar-refractivity contribution is 0.0920. The molecule has 1 aliphatic carbocycles. The Bertz CT molecular complexity index is 422. The molecule has 0 spiro atoms. The van der Waals surface area contributed by atoms with Gasteiger partial charge >= 0.3 is 0 Å². The summed E-state index contributed by atoms with van der Waals surface area (Å²) in [5, 5.41) is 4.06. The van der Waals surface area contributed by atoms with Gasteiger partial charge in [0.15, 0.2) is 0 Å². The molecule has 0 atom stereocenters. The molecule has 1 saturated carbocycles. The number of carbonyl (C=O) groups excluding carboxylic acids is 1. The third-order valence-electron chi connectivity index (χ3n) is 4.13. The second kappa shape index (κ2) is 6.60. The molecule has 2 rings (SSSR count). The van der Waals surface area contributed by atoms with E-state index in [0.29, 0.717) is 5.56 Å². The molecule has 1 aromatic rings. The van der Waals surface area contributed by atoms with Gasteiger partial charge in [0, 0.05) is 18.3 Å². The van der Waals surface area contributed by atoms with E-state index in [1.54, 1.807) is 12.3 Å². The number of amides is 1. The van der Waals surface area contributed by atoms with E-state index in [9.17, 15) is 4.79 Å². The van der Waals surface area contributed by atoms with Gasteiger partial charge in [-0.25, -0.2) is 0 Å². The van der Waals surface area contributed by atoms with E-state index < -0.39 is 0 Å². The van der Waals surface area contributed by atoms with E-state index in [1.807, 2.05) is 6.92 Å². The van der Waals surface area contributed by atoms with E-state index in [2.05, 4.69) is 21.2 Å². The van der Waals surface area contributed by atoms with Gasteiger partial charge in [0.05, 0.1) is 11.8 Å². The zero-order valence-corrected chi connectivity index (χ0v) is 13.1. The standard InChI is InChI=1S/C15H22BrNO2/c1-2-13-12(6-9-19-13)14(18)17-11-15(10-16)7-4-3-5-8-15/h6,9H,2-5,7-8,10-11H2,1H3,(H,17,18). The summed E-state index contributed by atoms with van der Waals surface area (Å²) in [6.45, 7) is 2.75. The fourth-order valence-corrected chi connectivity index (χ4v) is 3.60. The molecule has 0 aliphatic heterocycles. The third-order valence-corrected chi connectivity index (χ3v) is 5.32. The van der Waals surface area contributed by atoms with Gasteiger partial charge in [0.2, 0.25) is 0 Å². The maximum absolute atomic E-state index is 12.2. The summed E-state index contributed by atoms with van der Waals surface area (Å²) in [7, 11) is 0. The highest BCUT2D eigenvalue weighted by atomic mass is 79.9. The normalized spacial score (nSPS) is 18.2. The van der Waals surface area contributed by atoms with Gasteiger partial charge in [0.1, 0.15) is 5.76 Å². The molecule has 19 heavy (non-hydrogen) atoms. The summed E-state index contributed by atoms with van der Waals surface area (Å²) in [5.74, 6) is 0.769. The fourth-order valence-electron chi connectivity index (χ4n) is 2.84. The topological polar surface area (TPSA) is 42.2 Å². The molecule has 106 valence electrons. The molecule has 1 aromatic heterocycles. The molecule has 1 heterocycles. The molecule has 0 aromatic carbocycles. The predicted molar refractivity (Wildman–Crippen MR) is 79.7 cm³/mol. The van der Waals surface area contributed by atoms with Crippen molar-refractivity contribution < 1.29 is 9.21 Å². The van der Waals surface area contributed by atoms with Crippen molar-refractivity contribution >= 4 is 21.8 Å². The highest BCUT2D eigenvalue weighted by Crippen LogP contribution is 2.37. The Balaban J connectivity index is 1.95. The maximum Gasteiger partial charge on any atom is 0.254 e. The van der Waals surface area contributed by atoms with E-state index in [-0.39, 0.29) is 11.3 Å². The van der Waals surface area contributed by atoms with Crippen molar-refractivity contribution in [1.82, 2.24) is 5.32 Å². The molecule has 0 unspecified atom stereocenters. The van der Waals surface area contributed by atoms with Crippen LogP contribution in [0.4, 0.5) is 0 Å². The molecule has 1 N–H and O–H groups in total. The number of halogens is 1. The smallest absolute Gasteiger partial charge is 0.254 e. The Morgan fingerprint density at radius 1 is 1.42 bits per heavy atom. The Kier molecular flexibility index (Phi) is 5.08. The minimum absolute atomic E-state index is 0.00324. The van der Waals surface area contributed by atoms with Gasteiger partial charge in [-0.2, -0.15) is 0 Å². The van der Waals surface area contributed by atoms with Crippen molar-refractivity contribution in [3.8, 4) is 0 Å². The van der Waals surface area contributed by atoms with E-state index in [0.717, 1.165) is 24.1 Å². The van der Waals surface area contributed by atoms with Gasteiger partial charge < -0.3 is 9.73 Å². The largest absolute Gasteiger partial charge is 0.469 e. The van der Waals surface area contributed by atoms with E-state index >= 15 is 0 Å². The monoisotopic (exact) mass is 327 g/mol. The predicted octanol–water partition coefficient (Wildman–Crippen LogP) is 3.92. The number of hydrogen-bond donors (Lipinski definition) is 1. The number of rotatable bonds is 5. The molecule has 1 amide bonds. The zero-order valence-electron chi connectivity index (χ0n) is 11.5. The lowest BCUT2D eigenvalue weighted by Crippen LogP contribution is -2.40. The zero-order chi connectivity index (χ0) is 13.7. The lowest BCUT2D eigenvalue weighted by atomic mass is 9.75. The maximum atomic E-state index is 12.2. The van der Waals surface area contributed by atoms with Crippen LogP contribution in [-0.4, -0.2) is 17.8 Å². The average Bonchev–Trinajstić information content (AvgIpc) is 2.94. The van der Waals surface area contributed by atoms with Crippen molar-refractivity contribution in [2.45, 2.75) is 45.4 Å². The number of carbonyl (C=O) groups is 1. The van der Waals surface area contributed by atoms with Gasteiger partial charge in [-0.3, -0.25) is 4.79 Å². The Labute approximate surface area is 123 Å². The first kappa shape index (κ1) is 14.6. The SMILES string of the molecule is CCc1occc1C(=O)NCC1(CBr)CCCCC1. The van der Waals surface area contributed by atoms with Crippen LogP contribution < -0.4 is 5.32 Å². The summed E-state index contributed by atoms with van der Waals surface area (Å²) >= 11 is 3.63. The summed E-state index contributed by atoms with van der Waals surface area (Å²) < 4.78 is 5.31. The highest BCUT2D eigenvalue weighted by molar-refractivity contribution is 9.09. The van der Waals surface area contributed by atoms with Crippen LogP contribution in [-0.2, 0) is 6.42 Å². The number of aryl methyl sites for hydroxylation is 1. The van der Waals surface area contributed by atoms with Crippen LogP contribution in [0, 0.1) is 5.41 Å². The molecular formula is C15H22BrNO2. The van der Waals surface area contributed by atoms with Crippen LogP contribution in [0.3, 0.4) is 0 Å². The molecule has 4 heteroatoms. The van der Waals surface area contributed by atoms with Crippen LogP contribution in [0.1, 0.15) is 55.1 Å². The minimum atomic E-state index is -0.00324. The van der Waals surface area contributed by atoms with Gasteiger partial charge in [0.25, 0.3) is 5.91 Å². The molecule has 1 fully saturated rings. The molecule has 0 bridgehead atoms. The van der Waals surface area contributed by atoms with Gasteiger partial charge in [-0.15, -0.1) is 0 Å². The van der Waals surface area contributed by atoms with Crippen molar-refractivity contribution in [1.29, 1.82) is 0 Å². The third kappa shape index (κ3) is 3.41. The first-order valence-electron chi connectivity index (χ1n) is 7.11. The van der Waals surface area contributed by atoms with Crippen LogP contribution in [0.15, 0.2) is 16.7 Å². The van der Waals surface area contributed by atoms with E-state index in [4.69, 9.17) is 4.42 Å². The lowest BCUT2D eigenvalue weighted by Gasteiger charge is -2.35. The number of hydrogen-bond acceptors (Lipinski definition) is 2. The molecule has 1 aliphatic rings. The van der Waals surface area contributed by atoms with Crippen LogP contribution in [0.2, 0.25) is 0 Å².